The zero-order chi connectivity index (χ0) is 26.9. The Hall–Kier alpha value is -3.49. The number of nitriles is 1. The number of pyridine rings is 1. The van der Waals surface area contributed by atoms with Crippen LogP contribution in [0.1, 0.15) is 78.9 Å². The van der Waals surface area contributed by atoms with E-state index >= 15 is 0 Å². The summed E-state index contributed by atoms with van der Waals surface area (Å²) >= 11 is 1.58. The highest BCUT2D eigenvalue weighted by atomic mass is 32.1. The summed E-state index contributed by atoms with van der Waals surface area (Å²) in [5.74, 6) is 0.386. The average Bonchev–Trinajstić information content (AvgIpc) is 3.29. The molecule has 1 unspecified atom stereocenters. The van der Waals surface area contributed by atoms with Gasteiger partial charge in [0.2, 0.25) is 0 Å². The highest BCUT2D eigenvalue weighted by Crippen LogP contribution is 2.45. The minimum absolute atomic E-state index is 0.201. The van der Waals surface area contributed by atoms with Crippen molar-refractivity contribution in [1.29, 1.82) is 5.26 Å². The van der Waals surface area contributed by atoms with Crippen LogP contribution >= 0.6 is 11.3 Å². The molecule has 1 amide bonds. The first kappa shape index (κ1) is 26.1. The van der Waals surface area contributed by atoms with E-state index in [1.165, 1.54) is 10.4 Å². The quantitative estimate of drug-likeness (QED) is 0.265. The third kappa shape index (κ3) is 4.98. The molecule has 2 aromatic carbocycles. The molecule has 1 N–H and O–H groups in total. The van der Waals surface area contributed by atoms with Gasteiger partial charge in [-0.2, -0.15) is 5.26 Å². The number of hydrogen-bond donors (Lipinski definition) is 1. The molecule has 0 spiro atoms. The molecule has 0 aliphatic heterocycles. The Morgan fingerprint density at radius 1 is 1.16 bits per heavy atom. The number of nitrogens with one attached hydrogen (secondary N) is 1. The number of aromatic nitrogens is 1. The molecule has 5 heteroatoms. The van der Waals surface area contributed by atoms with E-state index in [2.05, 4.69) is 63.3 Å². The monoisotopic (exact) mass is 521 g/mol. The van der Waals surface area contributed by atoms with E-state index < -0.39 is 0 Å². The molecule has 38 heavy (non-hydrogen) atoms. The van der Waals surface area contributed by atoms with Crippen LogP contribution < -0.4 is 5.32 Å². The lowest BCUT2D eigenvalue weighted by atomic mass is 9.69. The normalized spacial score (nSPS) is 15.2. The average molecular weight is 522 g/mol. The fourth-order valence-electron chi connectivity index (χ4n) is 5.56. The topological polar surface area (TPSA) is 65.8 Å². The number of fused-ring (bicyclic) bond motifs is 2. The number of anilines is 1. The van der Waals surface area contributed by atoms with E-state index in [9.17, 15) is 10.1 Å². The van der Waals surface area contributed by atoms with Crippen LogP contribution in [0.15, 0.2) is 54.6 Å². The zero-order valence-electron chi connectivity index (χ0n) is 22.7. The van der Waals surface area contributed by atoms with Crippen LogP contribution in [0.5, 0.6) is 0 Å². The molecule has 5 rings (SSSR count). The van der Waals surface area contributed by atoms with E-state index in [0.29, 0.717) is 22.0 Å². The molecule has 4 nitrogen and oxygen atoms in total. The number of aryl methyl sites for hydroxylation is 1. The third-order valence-electron chi connectivity index (χ3n) is 8.37. The number of para-hydroxylation sites is 1. The van der Waals surface area contributed by atoms with Gasteiger partial charge in [-0.3, -0.25) is 4.79 Å². The number of nitrogens with zero attached hydrogens (tertiary/aromatic N) is 2. The van der Waals surface area contributed by atoms with Crippen LogP contribution in [-0.2, 0) is 19.3 Å². The minimum atomic E-state index is -0.201. The summed E-state index contributed by atoms with van der Waals surface area (Å²) in [6, 6.07) is 20.5. The molecular formula is C33H35N3OS. The maximum absolute atomic E-state index is 13.8. The Kier molecular flexibility index (Phi) is 7.36. The molecule has 0 saturated carbocycles. The van der Waals surface area contributed by atoms with Crippen molar-refractivity contribution < 1.29 is 4.79 Å². The first-order chi connectivity index (χ1) is 18.3. The van der Waals surface area contributed by atoms with Gasteiger partial charge in [-0.15, -0.1) is 11.3 Å². The maximum atomic E-state index is 13.8. The summed E-state index contributed by atoms with van der Waals surface area (Å²) in [5.41, 5.74) is 6.43. The predicted molar refractivity (Wildman–Crippen MR) is 158 cm³/mol. The Morgan fingerprint density at radius 3 is 2.63 bits per heavy atom. The lowest BCUT2D eigenvalue weighted by Crippen LogP contribution is -2.28. The summed E-state index contributed by atoms with van der Waals surface area (Å²) < 4.78 is 0. The van der Waals surface area contributed by atoms with E-state index in [-0.39, 0.29) is 11.3 Å². The van der Waals surface area contributed by atoms with Crippen LogP contribution in [-0.4, -0.2) is 10.9 Å². The Labute approximate surface area is 229 Å². The molecule has 0 saturated heterocycles. The second-order valence-electron chi connectivity index (χ2n) is 11.1. The van der Waals surface area contributed by atoms with Gasteiger partial charge in [0.15, 0.2) is 0 Å². The van der Waals surface area contributed by atoms with Gasteiger partial charge in [-0.1, -0.05) is 83.0 Å². The standard InChI is InChI=1S/C33H35N3OS/c1-5-9-21-12-14-22(15-13-21)29-19-26(24-10-7-8-11-28(24)35-29)31(37)36-32-27(20-34)25-17-16-23(18-30(25)38-32)33(3,4)6-2/h7-8,10-15,19,23H,5-6,9,16-18H2,1-4H3,(H,36,37). The minimum Gasteiger partial charge on any atom is -0.312 e. The van der Waals surface area contributed by atoms with Gasteiger partial charge in [0.25, 0.3) is 5.91 Å². The van der Waals surface area contributed by atoms with Crippen LogP contribution in [0.25, 0.3) is 22.2 Å². The summed E-state index contributed by atoms with van der Waals surface area (Å²) in [5, 5.41) is 14.6. The number of amides is 1. The van der Waals surface area contributed by atoms with Crippen LogP contribution in [0.2, 0.25) is 0 Å². The Bertz CT molecular complexity index is 1520. The number of carbonyl (C=O) groups excluding carboxylic acids is 1. The Balaban J connectivity index is 1.49. The van der Waals surface area contributed by atoms with Crippen molar-refractivity contribution in [2.75, 3.05) is 5.32 Å². The number of rotatable bonds is 7. The fourth-order valence-corrected chi connectivity index (χ4v) is 6.83. The smallest absolute Gasteiger partial charge is 0.257 e. The molecule has 0 fully saturated rings. The summed E-state index contributed by atoms with van der Waals surface area (Å²) in [7, 11) is 0. The van der Waals surface area contributed by atoms with Gasteiger partial charge in [-0.25, -0.2) is 4.98 Å². The number of thiophene rings is 1. The molecule has 1 atom stereocenters. The first-order valence-electron chi connectivity index (χ1n) is 13.7. The molecule has 0 radical (unpaired) electrons. The third-order valence-corrected chi connectivity index (χ3v) is 9.54. The van der Waals surface area contributed by atoms with Gasteiger partial charge < -0.3 is 5.32 Å². The summed E-state index contributed by atoms with van der Waals surface area (Å²) in [4.78, 5) is 19.9. The van der Waals surface area contributed by atoms with Gasteiger partial charge in [0.1, 0.15) is 11.1 Å². The number of hydrogen-bond acceptors (Lipinski definition) is 4. The van der Waals surface area contributed by atoms with Crippen molar-refractivity contribution in [2.45, 2.75) is 66.2 Å². The highest BCUT2D eigenvalue weighted by molar-refractivity contribution is 7.16. The van der Waals surface area contributed by atoms with E-state index in [0.717, 1.165) is 66.2 Å². The van der Waals surface area contributed by atoms with E-state index in [4.69, 9.17) is 4.98 Å². The van der Waals surface area contributed by atoms with E-state index in [1.54, 1.807) is 11.3 Å². The van der Waals surface area contributed by atoms with Crippen molar-refractivity contribution >= 4 is 33.1 Å². The second kappa shape index (κ2) is 10.7. The van der Waals surface area contributed by atoms with Crippen molar-refractivity contribution in [2.24, 2.45) is 11.3 Å². The molecule has 0 bridgehead atoms. The highest BCUT2D eigenvalue weighted by Gasteiger charge is 2.34. The van der Waals surface area contributed by atoms with Crippen molar-refractivity contribution in [1.82, 2.24) is 4.98 Å². The maximum Gasteiger partial charge on any atom is 0.257 e. The van der Waals surface area contributed by atoms with Gasteiger partial charge in [0.05, 0.1) is 22.3 Å². The number of benzene rings is 2. The SMILES string of the molecule is CCCc1ccc(-c2cc(C(=O)Nc3sc4c(c3C#N)CCC(C(C)(C)CC)C4)c3ccccc3n2)cc1. The zero-order valence-corrected chi connectivity index (χ0v) is 23.5. The molecule has 2 heterocycles. The Morgan fingerprint density at radius 2 is 1.92 bits per heavy atom. The first-order valence-corrected chi connectivity index (χ1v) is 14.5. The molecule has 4 aromatic rings. The van der Waals surface area contributed by atoms with Crippen molar-refractivity contribution in [3.8, 4) is 17.3 Å². The lowest BCUT2D eigenvalue weighted by molar-refractivity contribution is 0.102. The molecule has 1 aliphatic rings. The second-order valence-corrected chi connectivity index (χ2v) is 12.2. The summed E-state index contributed by atoms with van der Waals surface area (Å²) in [6.07, 6.45) is 6.23. The molecule has 1 aliphatic carbocycles. The largest absolute Gasteiger partial charge is 0.312 e. The molecule has 2 aromatic heterocycles. The molecular weight excluding hydrogens is 486 g/mol. The van der Waals surface area contributed by atoms with Crippen LogP contribution in [0, 0.1) is 22.7 Å². The van der Waals surface area contributed by atoms with E-state index in [1.807, 2.05) is 30.3 Å². The summed E-state index contributed by atoms with van der Waals surface area (Å²) in [6.45, 7) is 9.11. The van der Waals surface area contributed by atoms with Crippen LogP contribution in [0.4, 0.5) is 5.00 Å². The van der Waals surface area contributed by atoms with Gasteiger partial charge in [0, 0.05) is 15.8 Å². The van der Waals surface area contributed by atoms with Crippen molar-refractivity contribution in [3.63, 3.8) is 0 Å². The molecule has 194 valence electrons. The van der Waals surface area contributed by atoms with Gasteiger partial charge in [-0.05, 0) is 60.3 Å². The predicted octanol–water partition coefficient (Wildman–Crippen LogP) is 8.58. The fraction of sp³-hybridized carbons (Fsp3) is 0.364. The van der Waals surface area contributed by atoms with Crippen molar-refractivity contribution in [3.05, 3.63) is 81.7 Å². The van der Waals surface area contributed by atoms with Gasteiger partial charge >= 0.3 is 0 Å². The lowest BCUT2D eigenvalue weighted by Gasteiger charge is -2.36. The van der Waals surface area contributed by atoms with Crippen LogP contribution in [0.3, 0.4) is 0 Å². The number of carbonyl (C=O) groups is 1.